The van der Waals surface area contributed by atoms with E-state index in [9.17, 15) is 14.0 Å². The van der Waals surface area contributed by atoms with Gasteiger partial charge in [0.05, 0.1) is 19.3 Å². The topological polar surface area (TPSA) is 67.9 Å². The minimum atomic E-state index is -0.289. The Morgan fingerprint density at radius 1 is 1.14 bits per heavy atom. The number of nitrogens with one attached hydrogen (secondary N) is 1. The molecule has 1 heterocycles. The van der Waals surface area contributed by atoms with Crippen LogP contribution < -0.4 is 10.1 Å². The van der Waals surface area contributed by atoms with E-state index in [1.165, 1.54) is 12.1 Å². The standard InChI is InChI=1S/C21H23FN2O4/c22-18-5-3-17(4-6-18)20(24-9-11-27-12-10-24)13-23-21(26)15-28-19-7-1-16(14-25)2-8-19/h1-8,14,20H,9-13,15H2,(H,23,26). The number of carbonyl (C=O) groups is 2. The Morgan fingerprint density at radius 3 is 2.46 bits per heavy atom. The average molecular weight is 386 g/mol. The Labute approximate surface area is 163 Å². The summed E-state index contributed by atoms with van der Waals surface area (Å²) in [7, 11) is 0. The molecule has 1 unspecified atom stereocenters. The zero-order valence-electron chi connectivity index (χ0n) is 15.5. The van der Waals surface area contributed by atoms with Gasteiger partial charge in [0.2, 0.25) is 0 Å². The Morgan fingerprint density at radius 2 is 1.82 bits per heavy atom. The van der Waals surface area contributed by atoms with Crippen molar-refractivity contribution in [3.8, 4) is 5.75 Å². The molecule has 148 valence electrons. The number of benzene rings is 2. The van der Waals surface area contributed by atoms with Gasteiger partial charge in [-0.25, -0.2) is 4.39 Å². The van der Waals surface area contributed by atoms with Crippen LogP contribution in [0.15, 0.2) is 48.5 Å². The van der Waals surface area contributed by atoms with E-state index in [0.717, 1.165) is 24.9 Å². The second kappa shape index (κ2) is 9.96. The zero-order chi connectivity index (χ0) is 19.8. The first-order valence-electron chi connectivity index (χ1n) is 9.18. The summed E-state index contributed by atoms with van der Waals surface area (Å²) in [6, 6.07) is 12.8. The predicted molar refractivity (Wildman–Crippen MR) is 102 cm³/mol. The molecule has 7 heteroatoms. The lowest BCUT2D eigenvalue weighted by Gasteiger charge is -2.35. The number of hydrogen-bond acceptors (Lipinski definition) is 5. The molecule has 0 bridgehead atoms. The van der Waals surface area contributed by atoms with Gasteiger partial charge in [0.15, 0.2) is 6.61 Å². The average Bonchev–Trinajstić information content (AvgIpc) is 2.75. The first-order chi connectivity index (χ1) is 13.7. The summed E-state index contributed by atoms with van der Waals surface area (Å²) in [5.41, 5.74) is 1.48. The maximum Gasteiger partial charge on any atom is 0.258 e. The number of nitrogens with zero attached hydrogens (tertiary/aromatic N) is 1. The van der Waals surface area contributed by atoms with E-state index in [1.807, 2.05) is 0 Å². The molecule has 0 radical (unpaired) electrons. The fourth-order valence-electron chi connectivity index (χ4n) is 3.08. The summed E-state index contributed by atoms with van der Waals surface area (Å²) in [6.45, 7) is 3.02. The van der Waals surface area contributed by atoms with Crippen LogP contribution in [0, 0.1) is 5.82 Å². The Kier molecular flexibility index (Phi) is 7.11. The molecular formula is C21H23FN2O4. The van der Waals surface area contributed by atoms with E-state index in [4.69, 9.17) is 9.47 Å². The van der Waals surface area contributed by atoms with Gasteiger partial charge in [-0.15, -0.1) is 0 Å². The third-order valence-electron chi connectivity index (χ3n) is 4.62. The van der Waals surface area contributed by atoms with E-state index in [-0.39, 0.29) is 24.4 Å². The molecule has 2 aromatic rings. The maximum absolute atomic E-state index is 13.3. The summed E-state index contributed by atoms with van der Waals surface area (Å²) in [5, 5.41) is 2.89. The number of morpholine rings is 1. The Bertz CT molecular complexity index is 774. The molecule has 1 amide bonds. The van der Waals surface area contributed by atoms with E-state index < -0.39 is 0 Å². The zero-order valence-corrected chi connectivity index (χ0v) is 15.5. The highest BCUT2D eigenvalue weighted by atomic mass is 19.1. The molecule has 0 aromatic heterocycles. The molecule has 2 aromatic carbocycles. The van der Waals surface area contributed by atoms with Gasteiger partial charge in [-0.05, 0) is 42.0 Å². The van der Waals surface area contributed by atoms with Gasteiger partial charge in [0.25, 0.3) is 5.91 Å². The number of hydrogen-bond donors (Lipinski definition) is 1. The second-order valence-electron chi connectivity index (χ2n) is 6.50. The second-order valence-corrected chi connectivity index (χ2v) is 6.50. The number of ether oxygens (including phenoxy) is 2. The smallest absolute Gasteiger partial charge is 0.258 e. The number of aldehydes is 1. The molecule has 6 nitrogen and oxygen atoms in total. The molecule has 28 heavy (non-hydrogen) atoms. The van der Waals surface area contributed by atoms with Gasteiger partial charge in [0.1, 0.15) is 17.9 Å². The first-order valence-corrected chi connectivity index (χ1v) is 9.18. The first kappa shape index (κ1) is 20.0. The third kappa shape index (κ3) is 5.61. The van der Waals surface area contributed by atoms with Crippen molar-refractivity contribution < 1.29 is 23.5 Å². The number of rotatable bonds is 8. The van der Waals surface area contributed by atoms with E-state index in [1.54, 1.807) is 36.4 Å². The van der Waals surface area contributed by atoms with Crippen molar-refractivity contribution in [1.82, 2.24) is 10.2 Å². The van der Waals surface area contributed by atoms with Crippen LogP contribution in [0.2, 0.25) is 0 Å². The van der Waals surface area contributed by atoms with Crippen LogP contribution in [-0.2, 0) is 9.53 Å². The van der Waals surface area contributed by atoms with Crippen LogP contribution in [0.25, 0.3) is 0 Å². The fourth-order valence-corrected chi connectivity index (χ4v) is 3.08. The van der Waals surface area contributed by atoms with Crippen LogP contribution in [0.4, 0.5) is 4.39 Å². The van der Waals surface area contributed by atoms with Crippen LogP contribution in [0.5, 0.6) is 5.75 Å². The monoisotopic (exact) mass is 386 g/mol. The lowest BCUT2D eigenvalue weighted by Crippen LogP contribution is -2.44. The van der Waals surface area contributed by atoms with E-state index >= 15 is 0 Å². The van der Waals surface area contributed by atoms with Gasteiger partial charge < -0.3 is 14.8 Å². The highest BCUT2D eigenvalue weighted by Gasteiger charge is 2.23. The summed E-state index contributed by atoms with van der Waals surface area (Å²) in [5.74, 6) is -0.0219. The molecule has 1 aliphatic rings. The van der Waals surface area contributed by atoms with Crippen molar-refractivity contribution in [2.75, 3.05) is 39.5 Å². The van der Waals surface area contributed by atoms with Crippen molar-refractivity contribution in [3.05, 3.63) is 65.5 Å². The molecule has 1 atom stereocenters. The lowest BCUT2D eigenvalue weighted by atomic mass is 10.0. The predicted octanol–water partition coefficient (Wildman–Crippen LogP) is 2.21. The van der Waals surface area contributed by atoms with Gasteiger partial charge in [0, 0.05) is 25.2 Å². The summed E-state index contributed by atoms with van der Waals surface area (Å²) in [6.07, 6.45) is 0.748. The minimum Gasteiger partial charge on any atom is -0.484 e. The van der Waals surface area contributed by atoms with Gasteiger partial charge in [-0.3, -0.25) is 14.5 Å². The van der Waals surface area contributed by atoms with Gasteiger partial charge in [-0.1, -0.05) is 12.1 Å². The van der Waals surface area contributed by atoms with Crippen molar-refractivity contribution in [2.24, 2.45) is 0 Å². The van der Waals surface area contributed by atoms with Crippen LogP contribution in [0.3, 0.4) is 0 Å². The Balaban J connectivity index is 1.56. The Hall–Kier alpha value is -2.77. The number of halogens is 1. The molecule has 0 spiro atoms. The molecule has 1 fully saturated rings. The van der Waals surface area contributed by atoms with Gasteiger partial charge in [-0.2, -0.15) is 0 Å². The fraction of sp³-hybridized carbons (Fsp3) is 0.333. The minimum absolute atomic E-state index is 0.0691. The van der Waals surface area contributed by atoms with E-state index in [2.05, 4.69) is 10.2 Å². The van der Waals surface area contributed by atoms with E-state index in [0.29, 0.717) is 31.1 Å². The quantitative estimate of drug-likeness (QED) is 0.705. The molecule has 0 aliphatic carbocycles. The molecule has 1 aliphatic heterocycles. The number of amides is 1. The number of carbonyl (C=O) groups excluding carboxylic acids is 2. The van der Waals surface area contributed by atoms with Crippen LogP contribution in [0.1, 0.15) is 22.0 Å². The molecule has 3 rings (SSSR count). The largest absolute Gasteiger partial charge is 0.484 e. The van der Waals surface area contributed by atoms with Crippen molar-refractivity contribution in [1.29, 1.82) is 0 Å². The van der Waals surface area contributed by atoms with Crippen LogP contribution in [-0.4, -0.2) is 56.5 Å². The third-order valence-corrected chi connectivity index (χ3v) is 4.62. The summed E-state index contributed by atoms with van der Waals surface area (Å²) in [4.78, 5) is 25.1. The SMILES string of the molecule is O=Cc1ccc(OCC(=O)NCC(c2ccc(F)cc2)N2CCOCC2)cc1. The highest BCUT2D eigenvalue weighted by molar-refractivity contribution is 5.77. The van der Waals surface area contributed by atoms with Gasteiger partial charge >= 0.3 is 0 Å². The normalized spacial score (nSPS) is 15.6. The summed E-state index contributed by atoms with van der Waals surface area (Å²) < 4.78 is 24.1. The molecule has 1 N–H and O–H groups in total. The molecule has 1 saturated heterocycles. The van der Waals surface area contributed by atoms with Crippen molar-refractivity contribution in [3.63, 3.8) is 0 Å². The maximum atomic E-state index is 13.3. The van der Waals surface area contributed by atoms with Crippen LogP contribution >= 0.6 is 0 Å². The molecule has 0 saturated carbocycles. The highest BCUT2D eigenvalue weighted by Crippen LogP contribution is 2.21. The van der Waals surface area contributed by atoms with Crippen molar-refractivity contribution >= 4 is 12.2 Å². The molecular weight excluding hydrogens is 363 g/mol. The summed E-state index contributed by atoms with van der Waals surface area (Å²) >= 11 is 0. The lowest BCUT2D eigenvalue weighted by molar-refractivity contribution is -0.123. The van der Waals surface area contributed by atoms with Crippen molar-refractivity contribution in [2.45, 2.75) is 6.04 Å².